The van der Waals surface area contributed by atoms with Gasteiger partial charge < -0.3 is 5.73 Å². The van der Waals surface area contributed by atoms with Crippen molar-refractivity contribution in [2.75, 3.05) is 0 Å². The average molecular weight is 711 g/mol. The number of fused-ring (bicyclic) bond motifs is 1. The van der Waals surface area contributed by atoms with Crippen molar-refractivity contribution >= 4 is 28.3 Å². The van der Waals surface area contributed by atoms with Gasteiger partial charge in [-0.25, -0.2) is 4.98 Å². The molecule has 1 aliphatic heterocycles. The molecule has 3 aliphatic carbocycles. The van der Waals surface area contributed by atoms with Gasteiger partial charge in [-0.2, -0.15) is 0 Å². The van der Waals surface area contributed by atoms with Crippen molar-refractivity contribution in [3.8, 4) is 0 Å². The van der Waals surface area contributed by atoms with E-state index in [0.717, 1.165) is 66.0 Å². The van der Waals surface area contributed by atoms with Crippen LogP contribution in [-0.2, 0) is 5.41 Å². The van der Waals surface area contributed by atoms with Crippen LogP contribution in [-0.4, -0.2) is 16.2 Å². The highest BCUT2D eigenvalue weighted by atomic mass is 14.7. The minimum absolute atomic E-state index is 0.136. The van der Waals surface area contributed by atoms with Gasteiger partial charge in [0.15, 0.2) is 0 Å². The number of aliphatic imine (C=N–C) groups is 1. The van der Waals surface area contributed by atoms with Gasteiger partial charge in [-0.3, -0.25) is 9.98 Å². The topological polar surface area (TPSA) is 64.2 Å². The van der Waals surface area contributed by atoms with E-state index < -0.39 is 0 Å². The molecule has 4 heteroatoms. The van der Waals surface area contributed by atoms with Gasteiger partial charge in [-0.05, 0) is 116 Å². The molecule has 274 valence electrons. The first-order chi connectivity index (χ1) is 26.3. The minimum Gasteiger partial charge on any atom is -0.398 e. The van der Waals surface area contributed by atoms with Gasteiger partial charge >= 0.3 is 0 Å². The molecule has 3 aromatic rings. The molecule has 54 heavy (non-hydrogen) atoms. The van der Waals surface area contributed by atoms with E-state index in [0.29, 0.717) is 5.70 Å². The number of rotatable bonds is 8. The second kappa shape index (κ2) is 19.3. The SMILES string of the molecule is C1=CC/C(=C2/C=CC=N2)C=C1.C=C/C(N)=C(\C=C/C)/C=C\CC1=CC=C(c2cc(C)cc(C3=CCC(C)(c4ccc5ccccc5n4)C=C3)n2)CC1.CC. The molecule has 3 heterocycles. The summed E-state index contributed by atoms with van der Waals surface area (Å²) in [6.45, 7) is 14.2. The highest BCUT2D eigenvalue weighted by Gasteiger charge is 2.27. The summed E-state index contributed by atoms with van der Waals surface area (Å²) in [5.41, 5.74) is 19.4. The third-order valence-electron chi connectivity index (χ3n) is 9.73. The van der Waals surface area contributed by atoms with E-state index in [2.05, 4.69) is 129 Å². The van der Waals surface area contributed by atoms with Crippen molar-refractivity contribution < 1.29 is 0 Å². The zero-order chi connectivity index (χ0) is 38.3. The third-order valence-corrected chi connectivity index (χ3v) is 9.73. The summed E-state index contributed by atoms with van der Waals surface area (Å²) >= 11 is 0. The molecular weight excluding hydrogens is 657 g/mol. The van der Waals surface area contributed by atoms with Crippen LogP contribution in [0.5, 0.6) is 0 Å². The van der Waals surface area contributed by atoms with E-state index in [1.54, 1.807) is 6.08 Å². The van der Waals surface area contributed by atoms with Crippen LogP contribution < -0.4 is 5.73 Å². The zero-order valence-corrected chi connectivity index (χ0v) is 32.6. The Kier molecular flexibility index (Phi) is 14.0. The number of hydrogen-bond acceptors (Lipinski definition) is 4. The number of nitrogens with zero attached hydrogens (tertiary/aromatic N) is 3. The van der Waals surface area contributed by atoms with Crippen molar-refractivity contribution in [3.05, 3.63) is 203 Å². The van der Waals surface area contributed by atoms with Crippen LogP contribution in [0.2, 0.25) is 0 Å². The molecule has 0 radical (unpaired) electrons. The Labute approximate surface area is 323 Å². The molecule has 0 bridgehead atoms. The van der Waals surface area contributed by atoms with Crippen LogP contribution in [0.4, 0.5) is 0 Å². The lowest BCUT2D eigenvalue weighted by atomic mass is 9.78. The van der Waals surface area contributed by atoms with Crippen molar-refractivity contribution in [2.45, 2.75) is 72.1 Å². The van der Waals surface area contributed by atoms with Gasteiger partial charge in [0.25, 0.3) is 0 Å². The van der Waals surface area contributed by atoms with Gasteiger partial charge in [0.2, 0.25) is 0 Å². The van der Waals surface area contributed by atoms with Crippen molar-refractivity contribution in [1.82, 2.24) is 9.97 Å². The molecule has 2 aromatic heterocycles. The number of pyridine rings is 2. The quantitative estimate of drug-likeness (QED) is 0.237. The molecule has 1 atom stereocenters. The molecule has 0 saturated heterocycles. The Hall–Kier alpha value is -5.87. The lowest BCUT2D eigenvalue weighted by Gasteiger charge is -2.28. The van der Waals surface area contributed by atoms with Crippen LogP contribution >= 0.6 is 0 Å². The Morgan fingerprint density at radius 1 is 0.926 bits per heavy atom. The number of allylic oxidation sites excluding steroid dienone is 21. The smallest absolute Gasteiger partial charge is 0.0708 e. The van der Waals surface area contributed by atoms with E-state index in [4.69, 9.17) is 15.7 Å². The summed E-state index contributed by atoms with van der Waals surface area (Å²) in [5, 5.41) is 1.17. The van der Waals surface area contributed by atoms with Gasteiger partial charge in [0.05, 0.1) is 28.3 Å². The largest absolute Gasteiger partial charge is 0.398 e. The highest BCUT2D eigenvalue weighted by molar-refractivity contribution is 5.80. The molecule has 1 aromatic carbocycles. The number of para-hydroxylation sites is 1. The first-order valence-corrected chi connectivity index (χ1v) is 19.2. The normalized spacial score (nSPS) is 20.6. The average Bonchev–Trinajstić information content (AvgIpc) is 3.77. The first kappa shape index (κ1) is 39.3. The first-order valence-electron chi connectivity index (χ1n) is 19.2. The third kappa shape index (κ3) is 10.2. The molecule has 0 spiro atoms. The minimum atomic E-state index is -0.136. The Bertz CT molecular complexity index is 2210. The maximum Gasteiger partial charge on any atom is 0.0708 e. The standard InChI is InChI=1S/C38H39N3.C10H9N.C2H6/c1-5-10-29(33(39)6-2)13-9-11-28-15-17-31(18-16-28)35-25-27(3)26-36(40-35)32-21-23-38(4,24-22-32)37-20-19-30-12-7-8-14-34(30)41-37;1-2-5-9(6-3-1)10-7-4-8-11-10;1-2/h5-10,12-15,17,19-23,25-26H,2,11,16,18,24,39H2,1,3-4H3;1-5,7-8H,6H2;1-2H3/b10-5-,13-9-,33-29-;10-9-;. The second-order valence-electron chi connectivity index (χ2n) is 13.7. The number of benzene rings is 1. The van der Waals surface area contributed by atoms with Crippen molar-refractivity contribution in [3.63, 3.8) is 0 Å². The number of hydrogen-bond donors (Lipinski definition) is 1. The highest BCUT2D eigenvalue weighted by Crippen LogP contribution is 2.36. The lowest BCUT2D eigenvalue weighted by Crippen LogP contribution is -2.21. The van der Waals surface area contributed by atoms with Crippen LogP contribution in [0.1, 0.15) is 82.4 Å². The number of aryl methyl sites for hydroxylation is 1. The summed E-state index contributed by atoms with van der Waals surface area (Å²) in [7, 11) is 0. The van der Waals surface area contributed by atoms with Gasteiger partial charge in [-0.15, -0.1) is 0 Å². The molecule has 7 rings (SSSR count). The molecule has 0 saturated carbocycles. The molecule has 2 N–H and O–H groups in total. The summed E-state index contributed by atoms with van der Waals surface area (Å²) in [5.74, 6) is 0. The molecule has 0 fully saturated rings. The molecule has 4 aliphatic rings. The van der Waals surface area contributed by atoms with E-state index in [1.165, 1.54) is 33.2 Å². The van der Waals surface area contributed by atoms with Gasteiger partial charge in [-0.1, -0.05) is 136 Å². The van der Waals surface area contributed by atoms with Gasteiger partial charge in [0, 0.05) is 22.7 Å². The molecule has 1 unspecified atom stereocenters. The Balaban J connectivity index is 0.000000363. The van der Waals surface area contributed by atoms with E-state index in [-0.39, 0.29) is 5.41 Å². The monoisotopic (exact) mass is 710 g/mol. The summed E-state index contributed by atoms with van der Waals surface area (Å²) in [6, 6.07) is 17.0. The molecular formula is C50H54N4. The Morgan fingerprint density at radius 3 is 2.44 bits per heavy atom. The van der Waals surface area contributed by atoms with E-state index >= 15 is 0 Å². The van der Waals surface area contributed by atoms with Crippen LogP contribution in [0, 0.1) is 6.92 Å². The van der Waals surface area contributed by atoms with Crippen LogP contribution in [0.3, 0.4) is 0 Å². The van der Waals surface area contributed by atoms with E-state index in [1.807, 2.05) is 63.4 Å². The van der Waals surface area contributed by atoms with Gasteiger partial charge in [0.1, 0.15) is 0 Å². The number of aromatic nitrogens is 2. The maximum absolute atomic E-state index is 6.06. The fraction of sp³-hybridized carbons (Fsp3) is 0.220. The predicted octanol–water partition coefficient (Wildman–Crippen LogP) is 12.7. The van der Waals surface area contributed by atoms with Crippen molar-refractivity contribution in [1.29, 1.82) is 0 Å². The van der Waals surface area contributed by atoms with Crippen LogP contribution in [0.25, 0.3) is 22.0 Å². The van der Waals surface area contributed by atoms with Crippen molar-refractivity contribution in [2.24, 2.45) is 10.7 Å². The zero-order valence-electron chi connectivity index (χ0n) is 32.6. The molecule has 4 nitrogen and oxygen atoms in total. The van der Waals surface area contributed by atoms with Crippen LogP contribution in [0.15, 0.2) is 185 Å². The maximum atomic E-state index is 6.06. The molecule has 0 amide bonds. The van der Waals surface area contributed by atoms with E-state index in [9.17, 15) is 0 Å². The summed E-state index contributed by atoms with van der Waals surface area (Å²) in [4.78, 5) is 14.3. The summed E-state index contributed by atoms with van der Waals surface area (Å²) < 4.78 is 0. The fourth-order valence-corrected chi connectivity index (χ4v) is 6.62. The fourth-order valence-electron chi connectivity index (χ4n) is 6.62. The Morgan fingerprint density at radius 2 is 1.76 bits per heavy atom. The predicted molar refractivity (Wildman–Crippen MR) is 234 cm³/mol. The summed E-state index contributed by atoms with van der Waals surface area (Å²) in [6.07, 6.45) is 40.3. The second-order valence-corrected chi connectivity index (χ2v) is 13.7. The number of nitrogens with two attached hydrogens (primary N) is 1. The lowest BCUT2D eigenvalue weighted by molar-refractivity contribution is 0.583.